The zero-order valence-electron chi connectivity index (χ0n) is 22.0. The molecule has 0 saturated carbocycles. The van der Waals surface area contributed by atoms with Crippen molar-refractivity contribution in [2.75, 3.05) is 0 Å². The van der Waals surface area contributed by atoms with E-state index in [2.05, 4.69) is 84.6 Å². The number of hydrogen-bond acceptors (Lipinski definition) is 1. The Labute approximate surface area is 200 Å². The van der Waals surface area contributed by atoms with Crippen LogP contribution < -0.4 is 0 Å². The lowest BCUT2D eigenvalue weighted by atomic mass is 10.0. The molecule has 0 aliphatic carbocycles. The summed E-state index contributed by atoms with van der Waals surface area (Å²) in [5.41, 5.74) is 6.20. The van der Waals surface area contributed by atoms with Gasteiger partial charge in [-0.05, 0) is 112 Å². The lowest BCUT2D eigenvalue weighted by Gasteiger charge is -2.04. The molecule has 0 amide bonds. The molecule has 1 nitrogen and oxygen atoms in total. The van der Waals surface area contributed by atoms with Gasteiger partial charge in [0.15, 0.2) is 0 Å². The molecule has 0 aromatic rings. The maximum absolute atomic E-state index is 5.68. The van der Waals surface area contributed by atoms with Crippen LogP contribution >= 0.6 is 0 Å². The van der Waals surface area contributed by atoms with E-state index in [0.29, 0.717) is 6.10 Å². The van der Waals surface area contributed by atoms with Gasteiger partial charge in [0.05, 0.1) is 11.7 Å². The Morgan fingerprint density at radius 2 is 1.31 bits per heavy atom. The van der Waals surface area contributed by atoms with Crippen LogP contribution in [0.15, 0.2) is 71.4 Å². The Hall–Kier alpha value is -1.60. The zero-order valence-corrected chi connectivity index (χ0v) is 22.0. The average molecular weight is 439 g/mol. The van der Waals surface area contributed by atoms with Gasteiger partial charge in [0.1, 0.15) is 0 Å². The van der Waals surface area contributed by atoms with E-state index in [-0.39, 0.29) is 5.60 Å². The SMILES string of the molecule is C=CCC(=CCCC(C)=CCCC=C(C)CCC=C(C)CCC1OC1(C)C)CCC=CC. The van der Waals surface area contributed by atoms with Gasteiger partial charge in [-0.15, -0.1) is 6.58 Å². The molecule has 1 fully saturated rings. The third-order valence-electron chi connectivity index (χ3n) is 6.39. The predicted molar refractivity (Wildman–Crippen MR) is 144 cm³/mol. The fraction of sp³-hybridized carbons (Fsp3) is 0.613. The van der Waals surface area contributed by atoms with Gasteiger partial charge in [-0.25, -0.2) is 0 Å². The number of epoxide rings is 1. The van der Waals surface area contributed by atoms with Crippen LogP contribution in [0.3, 0.4) is 0 Å². The molecule has 0 aromatic heterocycles. The molecule has 180 valence electrons. The van der Waals surface area contributed by atoms with Crippen LogP contribution in [0.4, 0.5) is 0 Å². The van der Waals surface area contributed by atoms with Crippen molar-refractivity contribution >= 4 is 0 Å². The molecule has 0 aromatic carbocycles. The van der Waals surface area contributed by atoms with Crippen molar-refractivity contribution in [1.82, 2.24) is 0 Å². The first-order valence-electron chi connectivity index (χ1n) is 12.8. The van der Waals surface area contributed by atoms with Crippen molar-refractivity contribution in [3.8, 4) is 0 Å². The molecule has 32 heavy (non-hydrogen) atoms. The summed E-state index contributed by atoms with van der Waals surface area (Å²) >= 11 is 0. The summed E-state index contributed by atoms with van der Waals surface area (Å²) in [4.78, 5) is 0. The van der Waals surface area contributed by atoms with Gasteiger partial charge in [-0.3, -0.25) is 0 Å². The number of rotatable bonds is 17. The first kappa shape index (κ1) is 28.4. The fourth-order valence-electron chi connectivity index (χ4n) is 4.02. The molecular weight excluding hydrogens is 388 g/mol. The highest BCUT2D eigenvalue weighted by atomic mass is 16.6. The topological polar surface area (TPSA) is 12.5 Å². The molecule has 1 rings (SSSR count). The van der Waals surface area contributed by atoms with E-state index in [9.17, 15) is 0 Å². The van der Waals surface area contributed by atoms with E-state index in [1.165, 1.54) is 41.6 Å². The van der Waals surface area contributed by atoms with Gasteiger partial charge in [0, 0.05) is 0 Å². The summed E-state index contributed by atoms with van der Waals surface area (Å²) in [6.07, 6.45) is 29.2. The van der Waals surface area contributed by atoms with Crippen molar-refractivity contribution in [1.29, 1.82) is 0 Å². The Morgan fingerprint density at radius 1 is 0.781 bits per heavy atom. The van der Waals surface area contributed by atoms with Gasteiger partial charge in [-0.1, -0.05) is 64.8 Å². The molecule has 1 heterocycles. The minimum Gasteiger partial charge on any atom is -0.367 e. The summed E-state index contributed by atoms with van der Waals surface area (Å²) < 4.78 is 5.68. The molecule has 0 spiro atoms. The molecule has 1 saturated heterocycles. The van der Waals surface area contributed by atoms with Crippen LogP contribution in [0.2, 0.25) is 0 Å². The third kappa shape index (κ3) is 13.7. The van der Waals surface area contributed by atoms with E-state index in [1.54, 1.807) is 0 Å². The van der Waals surface area contributed by atoms with Gasteiger partial charge >= 0.3 is 0 Å². The monoisotopic (exact) mass is 438 g/mol. The largest absolute Gasteiger partial charge is 0.367 e. The molecular formula is C31H50O. The molecule has 0 radical (unpaired) electrons. The van der Waals surface area contributed by atoms with E-state index >= 15 is 0 Å². The molecule has 1 aliphatic rings. The second-order valence-electron chi connectivity index (χ2n) is 10.0. The lowest BCUT2D eigenvalue weighted by Crippen LogP contribution is -2.02. The van der Waals surface area contributed by atoms with Crippen LogP contribution in [0.1, 0.15) is 112 Å². The first-order chi connectivity index (χ1) is 15.3. The minimum atomic E-state index is 0.129. The Bertz CT molecular complexity index is 696. The van der Waals surface area contributed by atoms with Crippen molar-refractivity contribution in [2.45, 2.75) is 124 Å². The maximum atomic E-state index is 5.68. The molecule has 1 atom stereocenters. The fourth-order valence-corrected chi connectivity index (χ4v) is 4.02. The lowest BCUT2D eigenvalue weighted by molar-refractivity contribution is 0.320. The number of unbranched alkanes of at least 4 members (excludes halogenated alkanes) is 1. The minimum absolute atomic E-state index is 0.129. The number of hydrogen-bond donors (Lipinski definition) is 0. The van der Waals surface area contributed by atoms with Crippen LogP contribution in [-0.2, 0) is 4.74 Å². The maximum Gasteiger partial charge on any atom is 0.0892 e. The van der Waals surface area contributed by atoms with Gasteiger partial charge in [0.2, 0.25) is 0 Å². The van der Waals surface area contributed by atoms with E-state index < -0.39 is 0 Å². The number of ether oxygens (including phenoxy) is 1. The second kappa shape index (κ2) is 16.1. The van der Waals surface area contributed by atoms with Crippen LogP contribution in [0.25, 0.3) is 0 Å². The Kier molecular flexibility index (Phi) is 14.3. The molecule has 1 unspecified atom stereocenters. The standard InChI is InChI=1S/C31H50O/c1-8-10-11-22-29(16-9-2)23-15-21-27(4)18-13-12-17-26(3)19-14-20-28(5)24-25-30-31(6,7)32-30/h8-10,17-18,20,23,30H,2,11-16,19,21-22,24-25H2,1,3-7H3. The van der Waals surface area contributed by atoms with Crippen molar-refractivity contribution in [2.24, 2.45) is 0 Å². The predicted octanol–water partition coefficient (Wildman–Crippen LogP) is 9.98. The summed E-state index contributed by atoms with van der Waals surface area (Å²) in [7, 11) is 0. The normalized spacial score (nSPS) is 19.6. The highest BCUT2D eigenvalue weighted by Gasteiger charge is 2.46. The van der Waals surface area contributed by atoms with Crippen molar-refractivity contribution in [3.05, 3.63) is 71.4 Å². The Morgan fingerprint density at radius 3 is 1.84 bits per heavy atom. The molecule has 1 heteroatoms. The second-order valence-corrected chi connectivity index (χ2v) is 10.0. The summed E-state index contributed by atoms with van der Waals surface area (Å²) in [5.74, 6) is 0. The van der Waals surface area contributed by atoms with Crippen LogP contribution in [0.5, 0.6) is 0 Å². The highest BCUT2D eigenvalue weighted by Crippen LogP contribution is 2.38. The summed E-state index contributed by atoms with van der Waals surface area (Å²) in [6, 6.07) is 0. The van der Waals surface area contributed by atoms with Crippen molar-refractivity contribution in [3.63, 3.8) is 0 Å². The average Bonchev–Trinajstić information content (AvgIpc) is 3.36. The van der Waals surface area contributed by atoms with E-state index in [4.69, 9.17) is 4.74 Å². The zero-order chi connectivity index (χ0) is 23.8. The van der Waals surface area contributed by atoms with E-state index in [0.717, 1.165) is 51.4 Å². The first-order valence-corrected chi connectivity index (χ1v) is 12.8. The smallest absolute Gasteiger partial charge is 0.0892 e. The van der Waals surface area contributed by atoms with E-state index in [1.807, 2.05) is 6.08 Å². The van der Waals surface area contributed by atoms with Crippen LogP contribution in [0, 0.1) is 0 Å². The van der Waals surface area contributed by atoms with Crippen LogP contribution in [-0.4, -0.2) is 11.7 Å². The highest BCUT2D eigenvalue weighted by molar-refractivity contribution is 5.10. The summed E-state index contributed by atoms with van der Waals surface area (Å²) in [6.45, 7) is 17.2. The quantitative estimate of drug-likeness (QED) is 0.125. The molecule has 0 bridgehead atoms. The summed E-state index contributed by atoms with van der Waals surface area (Å²) in [5, 5.41) is 0. The van der Waals surface area contributed by atoms with Gasteiger partial charge in [-0.2, -0.15) is 0 Å². The van der Waals surface area contributed by atoms with Gasteiger partial charge < -0.3 is 4.74 Å². The third-order valence-corrected chi connectivity index (χ3v) is 6.39. The van der Waals surface area contributed by atoms with Gasteiger partial charge in [0.25, 0.3) is 0 Å². The molecule has 0 N–H and O–H groups in total. The Balaban J connectivity index is 2.22. The molecule has 1 aliphatic heterocycles. The number of allylic oxidation sites excluding steroid dienone is 11. The van der Waals surface area contributed by atoms with Crippen molar-refractivity contribution < 1.29 is 4.74 Å².